The Hall–Kier alpha value is -0.330. The molecule has 0 aromatic carbocycles. The van der Waals surface area contributed by atoms with Crippen molar-refractivity contribution >= 4 is 0 Å². The Kier molecular flexibility index (Phi) is 5.31. The number of nitrogens with zero attached hydrogens (tertiary/aromatic N) is 1. The minimum atomic E-state index is -4.07. The average molecular weight is 294 g/mol. The minimum absolute atomic E-state index is 0.0928. The fourth-order valence-electron chi connectivity index (χ4n) is 3.87. The van der Waals surface area contributed by atoms with Gasteiger partial charge in [-0.2, -0.15) is 13.2 Å². The maximum absolute atomic E-state index is 12.5. The summed E-state index contributed by atoms with van der Waals surface area (Å²) < 4.78 is 43.0. The highest BCUT2D eigenvalue weighted by atomic mass is 19.4. The summed E-state index contributed by atoms with van der Waals surface area (Å²) in [5.74, 6) is 0. The Labute approximate surface area is 118 Å². The number of rotatable bonds is 5. The SMILES string of the molecule is CNC(CCC(F)(F)F)C1(N2CCOCC2)CCCC1. The Morgan fingerprint density at radius 2 is 1.80 bits per heavy atom. The van der Waals surface area contributed by atoms with E-state index in [0.29, 0.717) is 13.2 Å². The second-order valence-electron chi connectivity index (χ2n) is 5.91. The van der Waals surface area contributed by atoms with Crippen LogP contribution in [0.5, 0.6) is 0 Å². The van der Waals surface area contributed by atoms with Gasteiger partial charge in [0.25, 0.3) is 0 Å². The van der Waals surface area contributed by atoms with E-state index in [4.69, 9.17) is 4.74 Å². The normalized spacial score (nSPS) is 25.8. The van der Waals surface area contributed by atoms with Crippen LogP contribution in [0.3, 0.4) is 0 Å². The van der Waals surface area contributed by atoms with Crippen molar-refractivity contribution < 1.29 is 17.9 Å². The monoisotopic (exact) mass is 294 g/mol. The molecule has 1 atom stereocenters. The smallest absolute Gasteiger partial charge is 0.379 e. The second-order valence-corrected chi connectivity index (χ2v) is 5.91. The number of nitrogens with one attached hydrogen (secondary N) is 1. The molecule has 0 bridgehead atoms. The third kappa shape index (κ3) is 3.65. The van der Waals surface area contributed by atoms with Gasteiger partial charge in [0.1, 0.15) is 0 Å². The van der Waals surface area contributed by atoms with Crippen molar-refractivity contribution in [2.24, 2.45) is 0 Å². The Bertz CT molecular complexity index is 297. The molecule has 0 spiro atoms. The molecule has 0 aromatic rings. The van der Waals surface area contributed by atoms with Crippen LogP contribution in [0.2, 0.25) is 0 Å². The molecule has 3 nitrogen and oxygen atoms in total. The highest BCUT2D eigenvalue weighted by Gasteiger charge is 2.46. The zero-order valence-electron chi connectivity index (χ0n) is 12.1. The highest BCUT2D eigenvalue weighted by molar-refractivity contribution is 5.03. The molecule has 1 unspecified atom stereocenters. The van der Waals surface area contributed by atoms with Crippen molar-refractivity contribution in [1.82, 2.24) is 10.2 Å². The molecule has 1 aliphatic heterocycles. The van der Waals surface area contributed by atoms with Crippen molar-refractivity contribution in [3.05, 3.63) is 0 Å². The van der Waals surface area contributed by atoms with Crippen LogP contribution in [0.4, 0.5) is 13.2 Å². The zero-order valence-corrected chi connectivity index (χ0v) is 12.1. The first-order valence-corrected chi connectivity index (χ1v) is 7.55. The molecule has 1 heterocycles. The average Bonchev–Trinajstić information content (AvgIpc) is 2.90. The Morgan fingerprint density at radius 3 is 2.30 bits per heavy atom. The van der Waals surface area contributed by atoms with Gasteiger partial charge in [0.2, 0.25) is 0 Å². The summed E-state index contributed by atoms with van der Waals surface area (Å²) in [6.45, 7) is 3.06. The molecule has 0 amide bonds. The number of likely N-dealkylation sites (N-methyl/N-ethyl adjacent to an activating group) is 1. The van der Waals surface area contributed by atoms with Gasteiger partial charge in [-0.3, -0.25) is 4.90 Å². The van der Waals surface area contributed by atoms with E-state index in [9.17, 15) is 13.2 Å². The van der Waals surface area contributed by atoms with Crippen LogP contribution < -0.4 is 5.32 Å². The third-order valence-electron chi connectivity index (χ3n) is 4.82. The molecule has 2 aliphatic rings. The molecule has 0 radical (unpaired) electrons. The van der Waals surface area contributed by atoms with Crippen molar-refractivity contribution in [2.75, 3.05) is 33.4 Å². The van der Waals surface area contributed by atoms with Gasteiger partial charge in [0.15, 0.2) is 0 Å². The standard InChI is InChI=1S/C14H25F3N2O/c1-18-12(4-7-14(15,16)17)13(5-2-3-6-13)19-8-10-20-11-9-19/h12,18H,2-11H2,1H3. The molecule has 0 aromatic heterocycles. The quantitative estimate of drug-likeness (QED) is 0.843. The third-order valence-corrected chi connectivity index (χ3v) is 4.82. The first kappa shape index (κ1) is 16.0. The van der Waals surface area contributed by atoms with Gasteiger partial charge in [0.05, 0.1) is 13.2 Å². The van der Waals surface area contributed by atoms with E-state index in [1.807, 2.05) is 0 Å². The lowest BCUT2D eigenvalue weighted by molar-refractivity contribution is -0.139. The van der Waals surface area contributed by atoms with Crippen molar-refractivity contribution in [3.8, 4) is 0 Å². The summed E-state index contributed by atoms with van der Waals surface area (Å²) in [4.78, 5) is 2.38. The Morgan fingerprint density at radius 1 is 1.20 bits per heavy atom. The van der Waals surface area contributed by atoms with Crippen molar-refractivity contribution in [1.29, 1.82) is 0 Å². The molecule has 1 N–H and O–H groups in total. The minimum Gasteiger partial charge on any atom is -0.379 e. The summed E-state index contributed by atoms with van der Waals surface area (Å²) in [5, 5.41) is 3.17. The van der Waals surface area contributed by atoms with Crippen molar-refractivity contribution in [2.45, 2.75) is 56.3 Å². The van der Waals surface area contributed by atoms with E-state index < -0.39 is 12.6 Å². The van der Waals surface area contributed by atoms with E-state index in [0.717, 1.165) is 38.8 Å². The highest BCUT2D eigenvalue weighted by Crippen LogP contribution is 2.40. The lowest BCUT2D eigenvalue weighted by Crippen LogP contribution is -2.62. The molecule has 1 aliphatic carbocycles. The summed E-state index contributed by atoms with van der Waals surface area (Å²) in [6, 6.07) is -0.0928. The lowest BCUT2D eigenvalue weighted by Gasteiger charge is -2.48. The summed E-state index contributed by atoms with van der Waals surface area (Å²) in [5.41, 5.74) is -0.107. The van der Waals surface area contributed by atoms with E-state index in [-0.39, 0.29) is 18.0 Å². The fourth-order valence-corrected chi connectivity index (χ4v) is 3.87. The van der Waals surface area contributed by atoms with Gasteiger partial charge in [0, 0.05) is 31.1 Å². The molecule has 2 rings (SSSR count). The van der Waals surface area contributed by atoms with Gasteiger partial charge >= 0.3 is 6.18 Å². The molecular weight excluding hydrogens is 269 g/mol. The summed E-state index contributed by atoms with van der Waals surface area (Å²) in [7, 11) is 1.79. The van der Waals surface area contributed by atoms with Crippen LogP contribution in [-0.2, 0) is 4.74 Å². The van der Waals surface area contributed by atoms with Gasteiger partial charge in [-0.15, -0.1) is 0 Å². The van der Waals surface area contributed by atoms with Gasteiger partial charge in [-0.1, -0.05) is 12.8 Å². The summed E-state index contributed by atoms with van der Waals surface area (Å²) in [6.07, 6.45) is -0.391. The van der Waals surface area contributed by atoms with Crippen LogP contribution in [0.25, 0.3) is 0 Å². The molecule has 118 valence electrons. The molecule has 1 saturated heterocycles. The second kappa shape index (κ2) is 6.62. The number of alkyl halides is 3. The van der Waals surface area contributed by atoms with Crippen LogP contribution in [0.1, 0.15) is 38.5 Å². The maximum atomic E-state index is 12.5. The van der Waals surface area contributed by atoms with E-state index in [2.05, 4.69) is 10.2 Å². The molecule has 6 heteroatoms. The largest absolute Gasteiger partial charge is 0.389 e. The zero-order chi connectivity index (χ0) is 14.6. The summed E-state index contributed by atoms with van der Waals surface area (Å²) >= 11 is 0. The van der Waals surface area contributed by atoms with Crippen molar-refractivity contribution in [3.63, 3.8) is 0 Å². The first-order chi connectivity index (χ1) is 9.48. The Balaban J connectivity index is 2.08. The molecule has 20 heavy (non-hydrogen) atoms. The maximum Gasteiger partial charge on any atom is 0.389 e. The van der Waals surface area contributed by atoms with Gasteiger partial charge < -0.3 is 10.1 Å². The predicted molar refractivity (Wildman–Crippen MR) is 71.7 cm³/mol. The van der Waals surface area contributed by atoms with Crippen LogP contribution in [0, 0.1) is 0 Å². The van der Waals surface area contributed by atoms with E-state index >= 15 is 0 Å². The van der Waals surface area contributed by atoms with Crippen LogP contribution >= 0.6 is 0 Å². The van der Waals surface area contributed by atoms with Crippen LogP contribution in [-0.4, -0.2) is 56.0 Å². The molecule has 2 fully saturated rings. The number of hydrogen-bond donors (Lipinski definition) is 1. The fraction of sp³-hybridized carbons (Fsp3) is 1.00. The number of halogens is 3. The lowest BCUT2D eigenvalue weighted by atomic mass is 9.83. The van der Waals surface area contributed by atoms with Gasteiger partial charge in [-0.25, -0.2) is 0 Å². The van der Waals surface area contributed by atoms with Crippen LogP contribution in [0.15, 0.2) is 0 Å². The first-order valence-electron chi connectivity index (χ1n) is 7.55. The topological polar surface area (TPSA) is 24.5 Å². The molecular formula is C14H25F3N2O. The number of ether oxygens (including phenoxy) is 1. The van der Waals surface area contributed by atoms with Gasteiger partial charge in [-0.05, 0) is 26.3 Å². The van der Waals surface area contributed by atoms with E-state index in [1.54, 1.807) is 7.05 Å². The van der Waals surface area contributed by atoms with E-state index in [1.165, 1.54) is 0 Å². The predicted octanol–water partition coefficient (Wildman–Crippen LogP) is 2.56. The number of hydrogen-bond acceptors (Lipinski definition) is 3. The number of morpholine rings is 1. The molecule has 1 saturated carbocycles.